The summed E-state index contributed by atoms with van der Waals surface area (Å²) in [4.78, 5) is 11.5. The number of carbonyl (C=O) groups is 1. The molecule has 0 aromatic rings. The minimum absolute atomic E-state index is 0.00495. The molecule has 0 aromatic carbocycles. The van der Waals surface area contributed by atoms with Gasteiger partial charge >= 0.3 is 5.97 Å². The fourth-order valence-corrected chi connectivity index (χ4v) is 3.48. The summed E-state index contributed by atoms with van der Waals surface area (Å²) in [6.07, 6.45) is 4.87. The first kappa shape index (κ1) is 9.33. The normalized spacial score (nSPS) is 50.8. The van der Waals surface area contributed by atoms with Crippen LogP contribution >= 0.6 is 0 Å². The van der Waals surface area contributed by atoms with E-state index in [-0.39, 0.29) is 30.3 Å². The molecular weight excluding hydrogens is 197 g/mol. The fraction of sp³-hybridized carbons (Fsp3) is 0.727. The summed E-state index contributed by atoms with van der Waals surface area (Å²) in [7, 11) is 1.35. The van der Waals surface area contributed by atoms with Gasteiger partial charge in [0.25, 0.3) is 0 Å². The lowest BCUT2D eigenvalue weighted by Crippen LogP contribution is -2.41. The van der Waals surface area contributed by atoms with Crippen molar-refractivity contribution in [2.24, 2.45) is 17.8 Å². The highest BCUT2D eigenvalue weighted by molar-refractivity contribution is 5.77. The highest BCUT2D eigenvalue weighted by atomic mass is 19.1. The van der Waals surface area contributed by atoms with Crippen LogP contribution in [0.1, 0.15) is 6.42 Å². The van der Waals surface area contributed by atoms with Crippen LogP contribution in [-0.2, 0) is 9.53 Å². The molecule has 4 heteroatoms. The van der Waals surface area contributed by atoms with Crippen molar-refractivity contribution in [3.63, 3.8) is 0 Å². The number of fused-ring (bicyclic) bond motifs is 5. The van der Waals surface area contributed by atoms with Gasteiger partial charge in [0.1, 0.15) is 11.7 Å². The van der Waals surface area contributed by atoms with Gasteiger partial charge in [0.2, 0.25) is 0 Å². The second kappa shape index (κ2) is 2.82. The van der Waals surface area contributed by atoms with Crippen molar-refractivity contribution in [1.29, 1.82) is 0 Å². The Morgan fingerprint density at radius 3 is 3.13 bits per heavy atom. The van der Waals surface area contributed by atoms with Crippen molar-refractivity contribution in [1.82, 2.24) is 5.32 Å². The zero-order chi connectivity index (χ0) is 10.6. The quantitative estimate of drug-likeness (QED) is 0.511. The summed E-state index contributed by atoms with van der Waals surface area (Å²) < 4.78 is 19.3. The van der Waals surface area contributed by atoms with E-state index in [4.69, 9.17) is 4.74 Å². The molecule has 82 valence electrons. The predicted octanol–water partition coefficient (Wildman–Crippen LogP) is 0.662. The number of allylic oxidation sites excluding steroid dienone is 2. The molecule has 0 aromatic heterocycles. The number of carbonyl (C=O) groups excluding carboxylic acids is 1. The zero-order valence-electron chi connectivity index (χ0n) is 8.57. The molecule has 1 aliphatic heterocycles. The maximum absolute atomic E-state index is 14.6. The summed E-state index contributed by atoms with van der Waals surface area (Å²) in [5.74, 6) is -0.353. The van der Waals surface area contributed by atoms with E-state index in [1.54, 1.807) is 0 Å². The van der Waals surface area contributed by atoms with E-state index in [2.05, 4.69) is 11.4 Å². The SMILES string of the molecule is COC(=O)[C@H]1NC[C@@]2(F)[C@@H]1[C@H]1C=C[C@@H]2C1. The number of nitrogens with one attached hydrogen (secondary N) is 1. The molecule has 2 aliphatic carbocycles. The van der Waals surface area contributed by atoms with Gasteiger partial charge in [-0.15, -0.1) is 0 Å². The Morgan fingerprint density at radius 1 is 1.60 bits per heavy atom. The van der Waals surface area contributed by atoms with Crippen LogP contribution in [-0.4, -0.2) is 31.3 Å². The molecule has 2 fully saturated rings. The first-order chi connectivity index (χ1) is 7.16. The molecule has 0 radical (unpaired) electrons. The monoisotopic (exact) mass is 211 g/mol. The van der Waals surface area contributed by atoms with E-state index in [9.17, 15) is 9.18 Å². The highest BCUT2D eigenvalue weighted by Crippen LogP contribution is 2.56. The van der Waals surface area contributed by atoms with Gasteiger partial charge in [0, 0.05) is 18.4 Å². The fourth-order valence-electron chi connectivity index (χ4n) is 3.48. The first-order valence-corrected chi connectivity index (χ1v) is 5.35. The number of esters is 1. The molecular formula is C11H14FNO2. The summed E-state index contributed by atoms with van der Waals surface area (Å²) in [6, 6.07) is -0.458. The minimum atomic E-state index is -1.22. The summed E-state index contributed by atoms with van der Waals surface area (Å²) >= 11 is 0. The number of hydrogen-bond donors (Lipinski definition) is 1. The van der Waals surface area contributed by atoms with Crippen molar-refractivity contribution in [3.8, 4) is 0 Å². The second-order valence-electron chi connectivity index (χ2n) is 4.73. The predicted molar refractivity (Wildman–Crippen MR) is 51.9 cm³/mol. The van der Waals surface area contributed by atoms with E-state index in [1.807, 2.05) is 6.08 Å². The number of rotatable bonds is 1. The molecule has 5 atom stereocenters. The molecule has 1 saturated carbocycles. The Balaban J connectivity index is 1.93. The zero-order valence-corrected chi connectivity index (χ0v) is 8.57. The lowest BCUT2D eigenvalue weighted by atomic mass is 9.79. The van der Waals surface area contributed by atoms with Crippen molar-refractivity contribution in [2.75, 3.05) is 13.7 Å². The van der Waals surface area contributed by atoms with Crippen molar-refractivity contribution in [3.05, 3.63) is 12.2 Å². The van der Waals surface area contributed by atoms with Gasteiger partial charge in [-0.25, -0.2) is 4.39 Å². The topological polar surface area (TPSA) is 38.3 Å². The number of hydrogen-bond acceptors (Lipinski definition) is 3. The molecule has 3 aliphatic rings. The third-order valence-electron chi connectivity index (χ3n) is 4.16. The molecule has 1 heterocycles. The Labute approximate surface area is 87.7 Å². The van der Waals surface area contributed by atoms with E-state index in [0.717, 1.165) is 6.42 Å². The van der Waals surface area contributed by atoms with Crippen LogP contribution in [0.25, 0.3) is 0 Å². The van der Waals surface area contributed by atoms with Gasteiger partial charge < -0.3 is 10.1 Å². The Bertz CT molecular complexity index is 343. The molecule has 2 bridgehead atoms. The molecule has 3 nitrogen and oxygen atoms in total. The first-order valence-electron chi connectivity index (χ1n) is 5.35. The van der Waals surface area contributed by atoms with Gasteiger partial charge in [-0.3, -0.25) is 4.79 Å². The van der Waals surface area contributed by atoms with Gasteiger partial charge in [-0.1, -0.05) is 12.2 Å². The van der Waals surface area contributed by atoms with Crippen molar-refractivity contribution < 1.29 is 13.9 Å². The van der Waals surface area contributed by atoms with Crippen LogP contribution in [0.5, 0.6) is 0 Å². The molecule has 1 N–H and O–H groups in total. The average Bonchev–Trinajstić information content (AvgIpc) is 2.86. The molecule has 1 saturated heterocycles. The standard InChI is InChI=1S/C11H14FNO2/c1-15-10(14)9-8-6-2-3-7(4-6)11(8,12)5-13-9/h2-3,6-9,13H,4-5H2,1H3/t6-,7+,8+,9-,11-/m0/s1. The minimum Gasteiger partial charge on any atom is -0.468 e. The lowest BCUT2D eigenvalue weighted by molar-refractivity contribution is -0.144. The summed E-state index contributed by atoms with van der Waals surface area (Å²) in [6.45, 7) is 0.281. The van der Waals surface area contributed by atoms with Crippen LogP contribution in [0.4, 0.5) is 4.39 Å². The van der Waals surface area contributed by atoms with Gasteiger partial charge in [0.05, 0.1) is 7.11 Å². The molecule has 3 rings (SSSR count). The van der Waals surface area contributed by atoms with Gasteiger partial charge in [0.15, 0.2) is 0 Å². The van der Waals surface area contributed by atoms with Crippen LogP contribution in [0.3, 0.4) is 0 Å². The van der Waals surface area contributed by atoms with Crippen LogP contribution in [0.15, 0.2) is 12.2 Å². The van der Waals surface area contributed by atoms with Gasteiger partial charge in [-0.2, -0.15) is 0 Å². The van der Waals surface area contributed by atoms with Crippen LogP contribution in [0, 0.1) is 17.8 Å². The van der Waals surface area contributed by atoms with E-state index in [0.29, 0.717) is 0 Å². The lowest BCUT2D eigenvalue weighted by Gasteiger charge is -2.29. The summed E-state index contributed by atoms with van der Waals surface area (Å²) in [5, 5.41) is 2.96. The molecule has 0 amide bonds. The molecule has 15 heavy (non-hydrogen) atoms. The number of ether oxygens (including phenoxy) is 1. The third-order valence-corrected chi connectivity index (χ3v) is 4.16. The van der Waals surface area contributed by atoms with Crippen LogP contribution < -0.4 is 5.32 Å². The van der Waals surface area contributed by atoms with Crippen molar-refractivity contribution >= 4 is 5.97 Å². The Morgan fingerprint density at radius 2 is 2.40 bits per heavy atom. The molecule has 0 unspecified atom stereocenters. The highest BCUT2D eigenvalue weighted by Gasteiger charge is 2.64. The van der Waals surface area contributed by atoms with E-state index >= 15 is 0 Å². The van der Waals surface area contributed by atoms with E-state index in [1.165, 1.54) is 7.11 Å². The number of alkyl halides is 1. The van der Waals surface area contributed by atoms with Gasteiger partial charge in [-0.05, 0) is 12.3 Å². The number of methoxy groups -OCH3 is 1. The number of halogens is 1. The second-order valence-corrected chi connectivity index (χ2v) is 4.73. The Kier molecular flexibility index (Phi) is 1.75. The average molecular weight is 211 g/mol. The third kappa shape index (κ3) is 1.00. The van der Waals surface area contributed by atoms with Crippen molar-refractivity contribution in [2.45, 2.75) is 18.1 Å². The maximum Gasteiger partial charge on any atom is 0.323 e. The smallest absolute Gasteiger partial charge is 0.323 e. The summed E-state index contributed by atoms with van der Waals surface area (Å²) in [5.41, 5.74) is -1.22. The Hall–Kier alpha value is -0.900. The van der Waals surface area contributed by atoms with E-state index < -0.39 is 11.7 Å². The largest absolute Gasteiger partial charge is 0.468 e. The van der Waals surface area contributed by atoms with Crippen LogP contribution in [0.2, 0.25) is 0 Å². The maximum atomic E-state index is 14.6. The molecule has 0 spiro atoms.